The van der Waals surface area contributed by atoms with Gasteiger partial charge in [0.05, 0.1) is 32.6 Å². The van der Waals surface area contributed by atoms with Gasteiger partial charge < -0.3 is 23.7 Å². The summed E-state index contributed by atoms with van der Waals surface area (Å²) in [5.41, 5.74) is 4.47. The van der Waals surface area contributed by atoms with Crippen LogP contribution in [0.15, 0.2) is 30.8 Å². The number of nitrogens with one attached hydrogen (secondary N) is 1. The van der Waals surface area contributed by atoms with Gasteiger partial charge in [-0.15, -0.1) is 0 Å². The Morgan fingerprint density at radius 1 is 1.21 bits per heavy atom. The Morgan fingerprint density at radius 3 is 2.52 bits per heavy atom. The average molecular weight is 409 g/mol. The summed E-state index contributed by atoms with van der Waals surface area (Å²) in [5, 5.41) is 0. The third-order valence-corrected chi connectivity index (χ3v) is 4.60. The van der Waals surface area contributed by atoms with E-state index in [2.05, 4.69) is 12.1 Å². The quantitative estimate of drug-likeness (QED) is 0.244. The van der Waals surface area contributed by atoms with E-state index in [4.69, 9.17) is 28.5 Å². The molecule has 29 heavy (non-hydrogen) atoms. The number of hydroxylamine groups is 1. The molecule has 1 aromatic rings. The average Bonchev–Trinajstić information content (AvgIpc) is 2.75. The van der Waals surface area contributed by atoms with Crippen molar-refractivity contribution in [1.29, 1.82) is 0 Å². The zero-order valence-corrected chi connectivity index (χ0v) is 17.4. The van der Waals surface area contributed by atoms with E-state index < -0.39 is 11.8 Å². The second-order valence-corrected chi connectivity index (χ2v) is 6.93. The summed E-state index contributed by atoms with van der Waals surface area (Å²) in [6.07, 6.45) is 2.78. The Balaban J connectivity index is 1.56. The molecule has 0 unspecified atom stereocenters. The number of unbranched alkanes of at least 4 members (excludes halogenated alkanes) is 1. The molecule has 0 atom stereocenters. The van der Waals surface area contributed by atoms with Crippen LogP contribution in [0.5, 0.6) is 5.75 Å². The second-order valence-electron chi connectivity index (χ2n) is 6.93. The summed E-state index contributed by atoms with van der Waals surface area (Å²) in [5.74, 6) is -0.804. The number of hydrogen-bond donors (Lipinski definition) is 1. The first kappa shape index (κ1) is 23.2. The predicted octanol–water partition coefficient (Wildman–Crippen LogP) is 2.88. The van der Waals surface area contributed by atoms with Gasteiger partial charge in [-0.3, -0.25) is 10.3 Å². The highest BCUT2D eigenvalue weighted by Crippen LogP contribution is 2.25. The van der Waals surface area contributed by atoms with Crippen molar-refractivity contribution in [3.8, 4) is 5.75 Å². The molecule has 0 aliphatic carbocycles. The second kappa shape index (κ2) is 11.8. The molecule has 1 aliphatic heterocycles. The van der Waals surface area contributed by atoms with Crippen molar-refractivity contribution in [2.75, 3.05) is 40.8 Å². The Hall–Kier alpha value is -2.13. The zero-order valence-electron chi connectivity index (χ0n) is 17.4. The lowest BCUT2D eigenvalue weighted by molar-refractivity contribution is -0.272. The van der Waals surface area contributed by atoms with Gasteiger partial charge in [0.2, 0.25) is 0 Å². The van der Waals surface area contributed by atoms with E-state index in [9.17, 15) is 4.79 Å². The van der Waals surface area contributed by atoms with Crippen molar-refractivity contribution in [1.82, 2.24) is 5.48 Å². The van der Waals surface area contributed by atoms with Gasteiger partial charge in [-0.2, -0.15) is 0 Å². The molecule has 1 saturated heterocycles. The lowest BCUT2D eigenvalue weighted by Gasteiger charge is -2.35. The van der Waals surface area contributed by atoms with Crippen LogP contribution in [0.1, 0.15) is 31.7 Å². The van der Waals surface area contributed by atoms with Crippen molar-refractivity contribution >= 4 is 11.7 Å². The molecule has 1 fully saturated rings. The van der Waals surface area contributed by atoms with Crippen molar-refractivity contribution < 1.29 is 33.3 Å². The molecule has 0 bridgehead atoms. The molecule has 1 heterocycles. The summed E-state index contributed by atoms with van der Waals surface area (Å²) in [4.78, 5) is 17.1. The summed E-state index contributed by atoms with van der Waals surface area (Å²) < 4.78 is 26.0. The number of ether oxygens (including phenoxy) is 5. The molecule has 1 aliphatic rings. The van der Waals surface area contributed by atoms with Crippen LogP contribution in [0.3, 0.4) is 0 Å². The van der Waals surface area contributed by atoms with Gasteiger partial charge in [0.1, 0.15) is 5.75 Å². The van der Waals surface area contributed by atoms with Gasteiger partial charge >= 0.3 is 5.97 Å². The molecular weight excluding hydrogens is 378 g/mol. The summed E-state index contributed by atoms with van der Waals surface area (Å²) >= 11 is 0. The maximum Gasteiger partial charge on any atom is 0.366 e. The fourth-order valence-corrected chi connectivity index (χ4v) is 2.80. The molecule has 1 N–H and O–H groups in total. The molecule has 0 amide bonds. The molecule has 2 rings (SSSR count). The number of esters is 1. The lowest BCUT2D eigenvalue weighted by Crippen LogP contribution is -2.48. The van der Waals surface area contributed by atoms with E-state index in [1.807, 2.05) is 24.3 Å². The Labute approximate surface area is 172 Å². The molecule has 0 aromatic heterocycles. The highest BCUT2D eigenvalue weighted by Gasteiger charge is 2.41. The molecule has 0 spiro atoms. The molecule has 1 aromatic carbocycles. The fourth-order valence-electron chi connectivity index (χ4n) is 2.80. The molecule has 0 saturated carbocycles. The number of hydrogen-bond acceptors (Lipinski definition) is 8. The summed E-state index contributed by atoms with van der Waals surface area (Å²) in [7, 11) is 2.90. The zero-order chi connectivity index (χ0) is 21.1. The molecular formula is C21H31NO7. The van der Waals surface area contributed by atoms with Gasteiger partial charge in [0.25, 0.3) is 5.79 Å². The minimum Gasteiger partial charge on any atom is -0.468 e. The van der Waals surface area contributed by atoms with Gasteiger partial charge in [0.15, 0.2) is 6.79 Å². The molecule has 0 radical (unpaired) electrons. The third kappa shape index (κ3) is 7.32. The van der Waals surface area contributed by atoms with E-state index in [0.717, 1.165) is 30.6 Å². The SMILES string of the molecule is C=C(NOCCCCC1COC(C)(C(=O)OC)OC1)c1ccc(OCOC)cc1. The Bertz CT molecular complexity index is 639. The molecule has 8 nitrogen and oxygen atoms in total. The monoisotopic (exact) mass is 409 g/mol. The number of rotatable bonds is 12. The van der Waals surface area contributed by atoms with Crippen LogP contribution in [0.4, 0.5) is 0 Å². The maximum atomic E-state index is 11.6. The number of carbonyl (C=O) groups excluding carboxylic acids is 1. The van der Waals surface area contributed by atoms with Gasteiger partial charge in [0, 0.05) is 20.0 Å². The number of methoxy groups -OCH3 is 2. The normalized spacial score (nSPS) is 21.4. The van der Waals surface area contributed by atoms with Crippen molar-refractivity contribution in [3.63, 3.8) is 0 Å². The van der Waals surface area contributed by atoms with Crippen LogP contribution in [-0.4, -0.2) is 52.6 Å². The first-order valence-electron chi connectivity index (χ1n) is 9.63. The highest BCUT2D eigenvalue weighted by molar-refractivity contribution is 5.77. The first-order chi connectivity index (χ1) is 14.0. The fraction of sp³-hybridized carbons (Fsp3) is 0.571. The largest absolute Gasteiger partial charge is 0.468 e. The first-order valence-corrected chi connectivity index (χ1v) is 9.63. The Kier molecular flexibility index (Phi) is 9.40. The highest BCUT2D eigenvalue weighted by atomic mass is 16.7. The van der Waals surface area contributed by atoms with Crippen molar-refractivity contribution in [2.24, 2.45) is 5.92 Å². The third-order valence-electron chi connectivity index (χ3n) is 4.60. The van der Waals surface area contributed by atoms with Crippen LogP contribution in [0, 0.1) is 5.92 Å². The van der Waals surface area contributed by atoms with E-state index >= 15 is 0 Å². The van der Waals surface area contributed by atoms with Gasteiger partial charge in [-0.25, -0.2) is 4.79 Å². The Morgan fingerprint density at radius 2 is 1.90 bits per heavy atom. The van der Waals surface area contributed by atoms with Crippen LogP contribution < -0.4 is 10.2 Å². The van der Waals surface area contributed by atoms with Gasteiger partial charge in [-0.1, -0.05) is 13.0 Å². The molecule has 8 heteroatoms. The summed E-state index contributed by atoms with van der Waals surface area (Å²) in [6.45, 7) is 7.28. The van der Waals surface area contributed by atoms with Crippen molar-refractivity contribution in [2.45, 2.75) is 32.0 Å². The standard InChI is InChI=1S/C21H31NO7/c1-16(18-8-10-19(11-9-18)26-15-24-3)22-29-12-6-5-7-17-13-27-21(2,28-14-17)20(23)25-4/h8-11,17,22H,1,5-7,12-15H2,2-4H3. The van der Waals surface area contributed by atoms with Gasteiger partial charge in [-0.05, 0) is 42.7 Å². The van der Waals surface area contributed by atoms with E-state index in [1.165, 1.54) is 7.11 Å². The van der Waals surface area contributed by atoms with Crippen LogP contribution in [0.25, 0.3) is 5.70 Å². The minimum atomic E-state index is -1.28. The van der Waals surface area contributed by atoms with E-state index in [-0.39, 0.29) is 12.7 Å². The lowest BCUT2D eigenvalue weighted by atomic mass is 10.0. The van der Waals surface area contributed by atoms with E-state index in [1.54, 1.807) is 14.0 Å². The van der Waals surface area contributed by atoms with Crippen molar-refractivity contribution in [3.05, 3.63) is 36.4 Å². The topological polar surface area (TPSA) is 84.5 Å². The van der Waals surface area contributed by atoms with E-state index in [0.29, 0.717) is 25.5 Å². The van der Waals surface area contributed by atoms with Crippen LogP contribution >= 0.6 is 0 Å². The van der Waals surface area contributed by atoms with Crippen LogP contribution in [0.2, 0.25) is 0 Å². The summed E-state index contributed by atoms with van der Waals surface area (Å²) in [6, 6.07) is 7.49. The predicted molar refractivity (Wildman–Crippen MR) is 107 cm³/mol. The number of carbonyl (C=O) groups is 1. The number of benzene rings is 1. The maximum absolute atomic E-state index is 11.6. The van der Waals surface area contributed by atoms with Crippen LogP contribution in [-0.2, 0) is 28.6 Å². The smallest absolute Gasteiger partial charge is 0.366 e. The minimum absolute atomic E-state index is 0.214. The molecule has 162 valence electrons.